The van der Waals surface area contributed by atoms with Gasteiger partial charge >= 0.3 is 0 Å². The van der Waals surface area contributed by atoms with E-state index in [1.807, 2.05) is 0 Å². The molecule has 0 saturated heterocycles. The summed E-state index contributed by atoms with van der Waals surface area (Å²) in [6.07, 6.45) is 0. The largest absolute Gasteiger partial charge is 0.440 e. The first-order valence-corrected chi connectivity index (χ1v) is 8.90. The lowest BCUT2D eigenvalue weighted by molar-refractivity contribution is -0.384. The zero-order chi connectivity index (χ0) is 19.6. The maximum Gasteiger partial charge on any atom is 0.269 e. The van der Waals surface area contributed by atoms with Crippen molar-refractivity contribution in [3.05, 3.63) is 75.0 Å². The van der Waals surface area contributed by atoms with Crippen LogP contribution in [0.4, 0.5) is 5.69 Å². The van der Waals surface area contributed by atoms with Crippen molar-refractivity contribution in [2.75, 3.05) is 0 Å². The van der Waals surface area contributed by atoms with Crippen LogP contribution in [0.3, 0.4) is 0 Å². The van der Waals surface area contributed by atoms with Gasteiger partial charge in [-0.25, -0.2) is 13.4 Å². The molecule has 10 nitrogen and oxygen atoms in total. The van der Waals surface area contributed by atoms with Crippen LogP contribution in [0.1, 0.15) is 5.89 Å². The molecule has 3 aromatic rings. The van der Waals surface area contributed by atoms with Crippen LogP contribution in [-0.2, 0) is 10.0 Å². The fourth-order valence-corrected chi connectivity index (χ4v) is 3.10. The number of hydrogen-bond donors (Lipinski definition) is 0. The monoisotopic (exact) mass is 385 g/mol. The quantitative estimate of drug-likeness (QED) is 0.211. The van der Waals surface area contributed by atoms with Crippen LogP contribution >= 0.6 is 0 Å². The number of azide groups is 1. The highest BCUT2D eigenvalue weighted by Gasteiger charge is 2.18. The fourth-order valence-electron chi connectivity index (χ4n) is 2.43. The summed E-state index contributed by atoms with van der Waals surface area (Å²) in [7, 11) is -4.08. The number of aryl methyl sites for hydroxylation is 1. The molecule has 11 heteroatoms. The molecule has 1 aromatic heterocycles. The fraction of sp³-hybridized carbons (Fsp3) is 0.0625. The number of oxazole rings is 1. The summed E-state index contributed by atoms with van der Waals surface area (Å²) < 4.78 is 31.9. The number of nitrogens with zero attached hydrogens (tertiary/aromatic N) is 5. The molecule has 0 aliphatic rings. The number of non-ortho nitro benzene ring substituents is 1. The number of nitro groups is 1. The highest BCUT2D eigenvalue weighted by molar-refractivity contribution is 7.90. The Balaban J connectivity index is 2.04. The normalized spacial score (nSPS) is 11.0. The van der Waals surface area contributed by atoms with Gasteiger partial charge in [-0.1, -0.05) is 12.1 Å². The van der Waals surface area contributed by atoms with Gasteiger partial charge in [0.2, 0.25) is 0 Å². The number of nitro benzene ring substituents is 1. The average Bonchev–Trinajstić information content (AvgIpc) is 3.03. The minimum Gasteiger partial charge on any atom is -0.440 e. The van der Waals surface area contributed by atoms with Crippen molar-refractivity contribution in [2.24, 2.45) is 4.52 Å². The van der Waals surface area contributed by atoms with Crippen molar-refractivity contribution in [1.82, 2.24) is 4.98 Å². The summed E-state index contributed by atoms with van der Waals surface area (Å²) in [5, 5.41) is 10.8. The molecule has 0 aliphatic heterocycles. The Kier molecular flexibility index (Phi) is 4.63. The van der Waals surface area contributed by atoms with Crippen molar-refractivity contribution in [2.45, 2.75) is 11.8 Å². The number of aromatic nitrogens is 1. The Hall–Kier alpha value is -3.69. The average molecular weight is 385 g/mol. The Morgan fingerprint density at radius 3 is 2.26 bits per heavy atom. The molecule has 3 rings (SSSR count). The molecule has 0 unspecified atom stereocenters. The Labute approximate surface area is 152 Å². The molecule has 2 aromatic carbocycles. The Morgan fingerprint density at radius 2 is 1.70 bits per heavy atom. The molecular formula is C16H11N5O5S. The second-order valence-corrected chi connectivity index (χ2v) is 6.97. The van der Waals surface area contributed by atoms with Crippen LogP contribution in [0.25, 0.3) is 33.0 Å². The van der Waals surface area contributed by atoms with Gasteiger partial charge in [-0.2, -0.15) is 0 Å². The van der Waals surface area contributed by atoms with Gasteiger partial charge in [0.25, 0.3) is 15.7 Å². The van der Waals surface area contributed by atoms with E-state index in [-0.39, 0.29) is 10.6 Å². The Morgan fingerprint density at radius 1 is 1.11 bits per heavy atom. The second-order valence-electron chi connectivity index (χ2n) is 5.39. The molecular weight excluding hydrogens is 374 g/mol. The van der Waals surface area contributed by atoms with Gasteiger partial charge < -0.3 is 4.42 Å². The van der Waals surface area contributed by atoms with E-state index >= 15 is 0 Å². The van der Waals surface area contributed by atoms with E-state index in [0.717, 1.165) is 0 Å². The lowest BCUT2D eigenvalue weighted by Crippen LogP contribution is -1.95. The lowest BCUT2D eigenvalue weighted by atomic mass is 10.1. The molecule has 0 bridgehead atoms. The van der Waals surface area contributed by atoms with Gasteiger partial charge in [-0.05, 0) is 29.8 Å². The third kappa shape index (κ3) is 3.64. The predicted molar refractivity (Wildman–Crippen MR) is 95.1 cm³/mol. The summed E-state index contributed by atoms with van der Waals surface area (Å²) in [5.41, 5.74) is 9.89. The third-order valence-corrected chi connectivity index (χ3v) is 4.80. The molecule has 0 aliphatic carbocycles. The third-order valence-electron chi connectivity index (χ3n) is 3.64. The summed E-state index contributed by atoms with van der Waals surface area (Å²) >= 11 is 0. The maximum absolute atomic E-state index is 11.7. The second kappa shape index (κ2) is 6.90. The zero-order valence-corrected chi connectivity index (χ0v) is 14.6. The number of sulfonamides is 1. The van der Waals surface area contributed by atoms with Gasteiger partial charge in [-0.15, -0.1) is 0 Å². The maximum atomic E-state index is 11.7. The highest BCUT2D eigenvalue weighted by Crippen LogP contribution is 2.33. The molecule has 0 N–H and O–H groups in total. The molecule has 27 heavy (non-hydrogen) atoms. The minimum absolute atomic E-state index is 0.0517. The van der Waals surface area contributed by atoms with Crippen molar-refractivity contribution in [1.29, 1.82) is 0 Å². The molecule has 0 atom stereocenters. The molecule has 0 spiro atoms. The van der Waals surface area contributed by atoms with E-state index in [4.69, 9.17) is 9.95 Å². The molecule has 136 valence electrons. The summed E-state index contributed by atoms with van der Waals surface area (Å²) in [5.74, 6) is 0.775. The van der Waals surface area contributed by atoms with Crippen LogP contribution in [0, 0.1) is 17.0 Å². The van der Waals surface area contributed by atoms with Crippen LogP contribution < -0.4 is 0 Å². The van der Waals surface area contributed by atoms with E-state index in [1.165, 1.54) is 36.4 Å². The van der Waals surface area contributed by atoms with Crippen molar-refractivity contribution >= 4 is 15.7 Å². The van der Waals surface area contributed by atoms with Crippen LogP contribution in [0.5, 0.6) is 0 Å². The first kappa shape index (κ1) is 18.1. The summed E-state index contributed by atoms with van der Waals surface area (Å²) in [6.45, 7) is 1.65. The van der Waals surface area contributed by atoms with Gasteiger partial charge in [0, 0.05) is 39.6 Å². The highest BCUT2D eigenvalue weighted by atomic mass is 32.2. The summed E-state index contributed by atoms with van der Waals surface area (Å²) in [4.78, 5) is 16.8. The van der Waals surface area contributed by atoms with Gasteiger partial charge in [0.05, 0.1) is 9.82 Å². The zero-order valence-electron chi connectivity index (χ0n) is 13.8. The molecule has 0 fully saturated rings. The van der Waals surface area contributed by atoms with E-state index in [2.05, 4.69) is 14.4 Å². The minimum atomic E-state index is -4.08. The molecule has 0 amide bonds. The predicted octanol–water partition coefficient (Wildman–Crippen LogP) is 4.22. The van der Waals surface area contributed by atoms with Crippen molar-refractivity contribution < 1.29 is 17.8 Å². The van der Waals surface area contributed by atoms with Gasteiger partial charge in [-0.3, -0.25) is 10.1 Å². The molecule has 0 radical (unpaired) electrons. The number of rotatable bonds is 5. The van der Waals surface area contributed by atoms with E-state index in [1.54, 1.807) is 19.1 Å². The standard InChI is InChI=1S/C16H11N5O5S/c1-10-18-15(11-4-8-14(9-5-11)27(24,25)20-19-17)16(26-10)12-2-6-13(7-3-12)21(22)23/h2-9H,1H3. The number of benzene rings is 2. The topological polar surface area (TPSA) is 152 Å². The number of hydrogen-bond acceptors (Lipinski definition) is 6. The van der Waals surface area contributed by atoms with Crippen LogP contribution in [0.15, 0.2) is 62.4 Å². The van der Waals surface area contributed by atoms with E-state index < -0.39 is 14.9 Å². The van der Waals surface area contributed by atoms with Crippen LogP contribution in [0.2, 0.25) is 0 Å². The van der Waals surface area contributed by atoms with E-state index in [9.17, 15) is 18.5 Å². The van der Waals surface area contributed by atoms with E-state index in [0.29, 0.717) is 28.5 Å². The lowest BCUT2D eigenvalue weighted by Gasteiger charge is -2.03. The smallest absolute Gasteiger partial charge is 0.269 e. The van der Waals surface area contributed by atoms with Gasteiger partial charge in [0.15, 0.2) is 11.7 Å². The molecule has 1 heterocycles. The van der Waals surface area contributed by atoms with Crippen molar-refractivity contribution in [3.8, 4) is 22.6 Å². The molecule has 0 saturated carbocycles. The first-order valence-electron chi connectivity index (χ1n) is 7.46. The Bertz CT molecular complexity index is 1160. The van der Waals surface area contributed by atoms with Crippen molar-refractivity contribution in [3.63, 3.8) is 0 Å². The van der Waals surface area contributed by atoms with Crippen LogP contribution in [-0.4, -0.2) is 18.3 Å². The SMILES string of the molecule is Cc1nc(-c2ccc(S(=O)(=O)N=[N+]=[N-])cc2)c(-c2ccc([N+](=O)[O-])cc2)o1. The first-order chi connectivity index (χ1) is 12.8. The summed E-state index contributed by atoms with van der Waals surface area (Å²) in [6, 6.07) is 11.4. The van der Waals surface area contributed by atoms with Gasteiger partial charge in [0.1, 0.15) is 5.69 Å².